The molecular formula is C20H32N6. The van der Waals surface area contributed by atoms with Crippen LogP contribution in [0.1, 0.15) is 23.4 Å². The van der Waals surface area contributed by atoms with Gasteiger partial charge in [0, 0.05) is 52.2 Å². The molecule has 1 aromatic carbocycles. The van der Waals surface area contributed by atoms with Crippen molar-refractivity contribution in [1.29, 1.82) is 0 Å². The minimum absolute atomic E-state index is 0.850. The van der Waals surface area contributed by atoms with E-state index in [0.29, 0.717) is 0 Å². The molecule has 0 unspecified atom stereocenters. The zero-order chi connectivity index (χ0) is 18.9. The molecule has 6 nitrogen and oxygen atoms in total. The van der Waals surface area contributed by atoms with Crippen molar-refractivity contribution < 1.29 is 0 Å². The number of guanidine groups is 1. The average molecular weight is 357 g/mol. The third-order valence-corrected chi connectivity index (χ3v) is 4.32. The van der Waals surface area contributed by atoms with Gasteiger partial charge in [0.2, 0.25) is 0 Å². The Morgan fingerprint density at radius 3 is 2.38 bits per heavy atom. The van der Waals surface area contributed by atoms with E-state index in [1.807, 2.05) is 14.0 Å². The largest absolute Gasteiger partial charge is 0.378 e. The summed E-state index contributed by atoms with van der Waals surface area (Å²) in [5.74, 6) is 0.850. The fourth-order valence-electron chi connectivity index (χ4n) is 2.84. The number of benzene rings is 1. The third-order valence-electron chi connectivity index (χ3n) is 4.32. The van der Waals surface area contributed by atoms with E-state index in [-0.39, 0.29) is 0 Å². The first-order valence-corrected chi connectivity index (χ1v) is 9.21. The summed E-state index contributed by atoms with van der Waals surface area (Å²) < 4.78 is 2.06. The summed E-state index contributed by atoms with van der Waals surface area (Å²) in [7, 11) is 5.92. The fourth-order valence-corrected chi connectivity index (χ4v) is 2.84. The van der Waals surface area contributed by atoms with Crippen molar-refractivity contribution in [2.24, 2.45) is 4.99 Å². The Kier molecular flexibility index (Phi) is 7.51. The van der Waals surface area contributed by atoms with Crippen LogP contribution < -0.4 is 15.5 Å². The molecule has 0 saturated heterocycles. The van der Waals surface area contributed by atoms with Crippen LogP contribution in [0.2, 0.25) is 0 Å². The number of hydrogen-bond donors (Lipinski definition) is 2. The van der Waals surface area contributed by atoms with Gasteiger partial charge in [-0.25, -0.2) is 0 Å². The summed E-state index contributed by atoms with van der Waals surface area (Å²) in [6.45, 7) is 6.77. The zero-order valence-electron chi connectivity index (χ0n) is 16.7. The quantitative estimate of drug-likeness (QED) is 0.433. The van der Waals surface area contributed by atoms with Gasteiger partial charge in [0.1, 0.15) is 0 Å². The maximum absolute atomic E-state index is 4.49. The molecule has 0 aliphatic heterocycles. The molecule has 0 spiro atoms. The van der Waals surface area contributed by atoms with Gasteiger partial charge in [-0.15, -0.1) is 0 Å². The van der Waals surface area contributed by atoms with E-state index in [0.717, 1.165) is 44.1 Å². The predicted octanol–water partition coefficient (Wildman–Crippen LogP) is 2.36. The van der Waals surface area contributed by atoms with Crippen LogP contribution in [0.4, 0.5) is 5.69 Å². The molecule has 2 N–H and O–H groups in total. The van der Waals surface area contributed by atoms with E-state index in [2.05, 4.69) is 81.7 Å². The molecule has 26 heavy (non-hydrogen) atoms. The molecule has 2 rings (SSSR count). The van der Waals surface area contributed by atoms with E-state index in [1.54, 1.807) is 0 Å². The number of aliphatic imine (C=N–C) groups is 1. The molecule has 1 aromatic heterocycles. The smallest absolute Gasteiger partial charge is 0.190 e. The van der Waals surface area contributed by atoms with E-state index >= 15 is 0 Å². The summed E-state index contributed by atoms with van der Waals surface area (Å²) in [6.07, 6.45) is 1.98. The van der Waals surface area contributed by atoms with Gasteiger partial charge in [-0.2, -0.15) is 5.10 Å². The standard InChI is InChI=1S/C20H32N6/c1-16-15-17(2)26(24-16)14-6-12-22-20(21-3)23-13-11-18-7-9-19(10-8-18)25(4)5/h7-10,15H,6,11-14H2,1-5H3,(H2,21,22,23). The van der Waals surface area contributed by atoms with Crippen LogP contribution >= 0.6 is 0 Å². The second kappa shape index (κ2) is 9.85. The number of rotatable bonds is 8. The van der Waals surface area contributed by atoms with Crippen molar-refractivity contribution in [2.45, 2.75) is 33.2 Å². The lowest BCUT2D eigenvalue weighted by Crippen LogP contribution is -2.39. The average Bonchev–Trinajstić information content (AvgIpc) is 2.94. The van der Waals surface area contributed by atoms with Gasteiger partial charge in [0.15, 0.2) is 5.96 Å². The Balaban J connectivity index is 1.66. The van der Waals surface area contributed by atoms with Gasteiger partial charge >= 0.3 is 0 Å². The van der Waals surface area contributed by atoms with Crippen LogP contribution in [0.5, 0.6) is 0 Å². The van der Waals surface area contributed by atoms with Crippen LogP contribution in [0, 0.1) is 13.8 Å². The normalized spacial score (nSPS) is 11.5. The SMILES string of the molecule is CN=C(NCCCn1nc(C)cc1C)NCCc1ccc(N(C)C)cc1. The second-order valence-corrected chi connectivity index (χ2v) is 6.74. The van der Waals surface area contributed by atoms with Gasteiger partial charge in [0.05, 0.1) is 5.69 Å². The molecular weight excluding hydrogens is 324 g/mol. The molecule has 0 amide bonds. The number of anilines is 1. The number of nitrogens with one attached hydrogen (secondary N) is 2. The Morgan fingerprint density at radius 2 is 1.81 bits per heavy atom. The van der Waals surface area contributed by atoms with Crippen molar-refractivity contribution >= 4 is 11.6 Å². The lowest BCUT2D eigenvalue weighted by atomic mass is 10.1. The lowest BCUT2D eigenvalue weighted by Gasteiger charge is -2.14. The molecule has 1 heterocycles. The van der Waals surface area contributed by atoms with Gasteiger partial charge in [-0.05, 0) is 50.5 Å². The van der Waals surface area contributed by atoms with Crippen molar-refractivity contribution in [3.8, 4) is 0 Å². The second-order valence-electron chi connectivity index (χ2n) is 6.74. The zero-order valence-corrected chi connectivity index (χ0v) is 16.7. The number of nitrogens with zero attached hydrogens (tertiary/aromatic N) is 4. The van der Waals surface area contributed by atoms with Crippen LogP contribution in [-0.2, 0) is 13.0 Å². The van der Waals surface area contributed by atoms with E-state index in [4.69, 9.17) is 0 Å². The highest BCUT2D eigenvalue weighted by Crippen LogP contribution is 2.12. The van der Waals surface area contributed by atoms with Crippen molar-refractivity contribution in [2.75, 3.05) is 39.1 Å². The Hall–Kier alpha value is -2.50. The van der Waals surface area contributed by atoms with Crippen molar-refractivity contribution in [3.63, 3.8) is 0 Å². The summed E-state index contributed by atoms with van der Waals surface area (Å²) in [4.78, 5) is 6.40. The third kappa shape index (κ3) is 6.10. The molecule has 0 radical (unpaired) electrons. The first kappa shape index (κ1) is 19.8. The molecule has 0 aliphatic carbocycles. The highest BCUT2D eigenvalue weighted by molar-refractivity contribution is 5.79. The molecule has 2 aromatic rings. The summed E-state index contributed by atoms with van der Waals surface area (Å²) in [5, 5.41) is 11.2. The first-order chi connectivity index (χ1) is 12.5. The molecule has 0 fully saturated rings. The Labute approximate surface area is 157 Å². The minimum atomic E-state index is 0.850. The van der Waals surface area contributed by atoms with Crippen molar-refractivity contribution in [1.82, 2.24) is 20.4 Å². The molecule has 6 heteroatoms. The molecule has 0 atom stereocenters. The summed E-state index contributed by atoms with van der Waals surface area (Å²) in [5.41, 5.74) is 4.83. The highest BCUT2D eigenvalue weighted by Gasteiger charge is 2.02. The molecule has 0 aliphatic rings. The van der Waals surface area contributed by atoms with Gasteiger partial charge in [-0.1, -0.05) is 12.1 Å². The molecule has 142 valence electrons. The molecule has 0 bridgehead atoms. The van der Waals surface area contributed by atoms with Gasteiger partial charge < -0.3 is 15.5 Å². The monoisotopic (exact) mass is 356 g/mol. The summed E-state index contributed by atoms with van der Waals surface area (Å²) in [6, 6.07) is 10.8. The maximum Gasteiger partial charge on any atom is 0.190 e. The first-order valence-electron chi connectivity index (χ1n) is 9.21. The van der Waals surface area contributed by atoms with Crippen LogP contribution in [0.25, 0.3) is 0 Å². The van der Waals surface area contributed by atoms with Gasteiger partial charge in [-0.3, -0.25) is 9.67 Å². The van der Waals surface area contributed by atoms with E-state index in [9.17, 15) is 0 Å². The fraction of sp³-hybridized carbons (Fsp3) is 0.500. The van der Waals surface area contributed by atoms with Gasteiger partial charge in [0.25, 0.3) is 0 Å². The maximum atomic E-state index is 4.49. The van der Waals surface area contributed by atoms with Crippen LogP contribution in [0.15, 0.2) is 35.3 Å². The minimum Gasteiger partial charge on any atom is -0.378 e. The highest BCUT2D eigenvalue weighted by atomic mass is 15.3. The summed E-state index contributed by atoms with van der Waals surface area (Å²) >= 11 is 0. The Morgan fingerprint density at radius 1 is 1.12 bits per heavy atom. The predicted molar refractivity (Wildman–Crippen MR) is 110 cm³/mol. The number of hydrogen-bond acceptors (Lipinski definition) is 3. The topological polar surface area (TPSA) is 57.5 Å². The van der Waals surface area contributed by atoms with Crippen LogP contribution in [0.3, 0.4) is 0 Å². The Bertz CT molecular complexity index is 700. The molecule has 0 saturated carbocycles. The lowest BCUT2D eigenvalue weighted by molar-refractivity contribution is 0.555. The van der Waals surface area contributed by atoms with E-state index in [1.165, 1.54) is 16.9 Å². The van der Waals surface area contributed by atoms with E-state index < -0.39 is 0 Å². The van der Waals surface area contributed by atoms with Crippen molar-refractivity contribution in [3.05, 3.63) is 47.3 Å². The van der Waals surface area contributed by atoms with Crippen LogP contribution in [-0.4, -0.2) is 50.0 Å². The number of aromatic nitrogens is 2. The number of aryl methyl sites for hydroxylation is 3.